The van der Waals surface area contributed by atoms with Gasteiger partial charge in [-0.3, -0.25) is 0 Å². The van der Waals surface area contributed by atoms with Crippen molar-refractivity contribution in [3.05, 3.63) is 85.0 Å². The van der Waals surface area contributed by atoms with Crippen LogP contribution in [0.3, 0.4) is 0 Å². The second-order valence-electron chi connectivity index (χ2n) is 4.61. The summed E-state index contributed by atoms with van der Waals surface area (Å²) in [5, 5.41) is 2.95. The number of allylic oxidation sites excluding steroid dienone is 4. The van der Waals surface area contributed by atoms with Gasteiger partial charge in [-0.1, -0.05) is 0 Å². The van der Waals surface area contributed by atoms with E-state index < -0.39 is 0 Å². The third kappa shape index (κ3) is 2.75. The van der Waals surface area contributed by atoms with E-state index >= 15 is 0 Å². The second-order valence-corrected chi connectivity index (χ2v) is 12.7. The molecule has 0 saturated carbocycles. The molecule has 0 N–H and O–H groups in total. The Morgan fingerprint density at radius 3 is 1.53 bits per heavy atom. The van der Waals surface area contributed by atoms with E-state index in [4.69, 9.17) is 0 Å². The van der Waals surface area contributed by atoms with Gasteiger partial charge >= 0.3 is 132 Å². The van der Waals surface area contributed by atoms with E-state index in [1.807, 2.05) is 0 Å². The van der Waals surface area contributed by atoms with Crippen molar-refractivity contribution in [2.75, 3.05) is 0 Å². The van der Waals surface area contributed by atoms with E-state index in [-0.39, 0.29) is 10.6 Å². The van der Waals surface area contributed by atoms with Gasteiger partial charge < -0.3 is 0 Å². The molecule has 1 aliphatic rings. The Kier molecular flexibility index (Phi) is 3.99. The molecule has 0 spiro atoms. The van der Waals surface area contributed by atoms with E-state index in [9.17, 15) is 0 Å². The van der Waals surface area contributed by atoms with Crippen molar-refractivity contribution < 1.29 is 0 Å². The van der Waals surface area contributed by atoms with Gasteiger partial charge in [0.2, 0.25) is 0 Å². The Labute approximate surface area is 131 Å². The first kappa shape index (κ1) is 13.3. The van der Waals surface area contributed by atoms with Gasteiger partial charge in [0.25, 0.3) is 0 Å². The number of hydrogen-bond acceptors (Lipinski definition) is 0. The third-order valence-electron chi connectivity index (χ3n) is 3.25. The first-order valence-corrected chi connectivity index (χ1v) is 9.94. The molecule has 2 aromatic rings. The zero-order chi connectivity index (χ0) is 13.1. The predicted octanol–water partition coefficient (Wildman–Crippen LogP) is 3.11. The molecule has 19 heavy (non-hydrogen) atoms. The molecule has 0 amide bonds. The molecule has 2 heteroatoms. The molecule has 0 aromatic heterocycles. The molecular weight excluding hydrogens is 440 g/mol. The van der Waals surface area contributed by atoms with Crippen molar-refractivity contribution in [3.63, 3.8) is 0 Å². The van der Waals surface area contributed by atoms with Crippen LogP contribution in [0.1, 0.15) is 0 Å². The molecule has 0 atom stereocenters. The fourth-order valence-electron chi connectivity index (χ4n) is 2.37. The fraction of sp³-hybridized carbons (Fsp3) is 0.0588. The SMILES string of the molecule is [Tl][C]1(P(c2ccccc2)c2ccccc2)C=CC=C1. The molecule has 0 heterocycles. The van der Waals surface area contributed by atoms with Crippen LogP contribution in [0.4, 0.5) is 0 Å². The van der Waals surface area contributed by atoms with E-state index in [0.717, 1.165) is 25.8 Å². The average Bonchev–Trinajstić information content (AvgIpc) is 2.89. The maximum atomic E-state index is 2.41. The van der Waals surface area contributed by atoms with Gasteiger partial charge in [-0.05, 0) is 0 Å². The molecule has 90 valence electrons. The van der Waals surface area contributed by atoms with Crippen molar-refractivity contribution in [3.8, 4) is 0 Å². The Morgan fingerprint density at radius 1 is 0.684 bits per heavy atom. The van der Waals surface area contributed by atoms with E-state index in [1.165, 1.54) is 10.6 Å². The van der Waals surface area contributed by atoms with Crippen molar-refractivity contribution >= 4 is 44.3 Å². The number of rotatable bonds is 3. The Hall–Kier alpha value is -0.728. The molecule has 0 bridgehead atoms. The van der Waals surface area contributed by atoms with Crippen molar-refractivity contribution in [2.24, 2.45) is 0 Å². The number of hydrogen-bond donors (Lipinski definition) is 0. The molecule has 0 fully saturated rings. The molecule has 3 rings (SSSR count). The Balaban J connectivity index is 2.12. The maximum absolute atomic E-state index is 2.41. The first-order chi connectivity index (χ1) is 9.30. The first-order valence-electron chi connectivity index (χ1n) is 6.36. The topological polar surface area (TPSA) is 0 Å². The Morgan fingerprint density at radius 2 is 1.11 bits per heavy atom. The van der Waals surface area contributed by atoms with Crippen LogP contribution in [-0.2, 0) is 0 Å². The standard InChI is InChI=1S/C17H14P.Tl/c1-3-9-15(10-4-1)18(17-13-7-8-14-17)16-11-5-2-6-12-16;/h1-14H;. The summed E-state index contributed by atoms with van der Waals surface area (Å²) < 4.78 is 0.290. The van der Waals surface area contributed by atoms with Gasteiger partial charge in [0.15, 0.2) is 0 Å². The molecule has 2 aromatic carbocycles. The third-order valence-corrected chi connectivity index (χ3v) is 10.5. The minimum absolute atomic E-state index is 0.290. The Bertz CT molecular complexity index is 550. The summed E-state index contributed by atoms with van der Waals surface area (Å²) in [6, 6.07) is 22.0. The average molecular weight is 454 g/mol. The summed E-state index contributed by atoms with van der Waals surface area (Å²) >= 11 is 0.902. The van der Waals surface area contributed by atoms with Crippen molar-refractivity contribution in [1.29, 1.82) is 0 Å². The molecule has 0 radical (unpaired) electrons. The van der Waals surface area contributed by atoms with Gasteiger partial charge in [0.05, 0.1) is 0 Å². The zero-order valence-corrected chi connectivity index (χ0v) is 16.0. The van der Waals surface area contributed by atoms with Crippen molar-refractivity contribution in [2.45, 2.75) is 2.72 Å². The zero-order valence-electron chi connectivity index (χ0n) is 10.6. The quantitative estimate of drug-likeness (QED) is 0.495. The molecular formula is C17H14PTl. The van der Waals surface area contributed by atoms with E-state index in [2.05, 4.69) is 85.0 Å². The van der Waals surface area contributed by atoms with Gasteiger partial charge in [-0.2, -0.15) is 0 Å². The second kappa shape index (κ2) is 5.72. The van der Waals surface area contributed by atoms with Crippen LogP contribution in [0.25, 0.3) is 0 Å². The van der Waals surface area contributed by atoms with Gasteiger partial charge in [-0.15, -0.1) is 0 Å². The minimum atomic E-state index is -0.334. The van der Waals surface area contributed by atoms with E-state index in [1.54, 1.807) is 0 Å². The van der Waals surface area contributed by atoms with E-state index in [0.29, 0.717) is 0 Å². The van der Waals surface area contributed by atoms with Crippen molar-refractivity contribution in [1.82, 2.24) is 0 Å². The molecule has 0 aliphatic heterocycles. The van der Waals surface area contributed by atoms with Crippen LogP contribution in [-0.4, -0.2) is 28.5 Å². The molecule has 0 unspecified atom stereocenters. The molecule has 0 nitrogen and oxygen atoms in total. The summed E-state index contributed by atoms with van der Waals surface area (Å²) in [7, 11) is -0.334. The molecule has 0 saturated heterocycles. The normalized spacial score (nSPS) is 16.0. The van der Waals surface area contributed by atoms with Crippen LogP contribution in [0.15, 0.2) is 85.0 Å². The fourth-order valence-corrected chi connectivity index (χ4v) is 9.32. The number of benzene rings is 2. The van der Waals surface area contributed by atoms with Gasteiger partial charge in [0.1, 0.15) is 0 Å². The monoisotopic (exact) mass is 454 g/mol. The van der Waals surface area contributed by atoms with Gasteiger partial charge in [-0.25, -0.2) is 0 Å². The summed E-state index contributed by atoms with van der Waals surface area (Å²) in [6.07, 6.45) is 9.23. The molecule has 1 aliphatic carbocycles. The van der Waals surface area contributed by atoms with Crippen LogP contribution < -0.4 is 10.6 Å². The van der Waals surface area contributed by atoms with Gasteiger partial charge in [0, 0.05) is 0 Å². The van der Waals surface area contributed by atoms with Crippen LogP contribution in [0.2, 0.25) is 0 Å². The van der Waals surface area contributed by atoms with Crippen LogP contribution in [0, 0.1) is 0 Å². The summed E-state index contributed by atoms with van der Waals surface area (Å²) in [6.45, 7) is 0. The predicted molar refractivity (Wildman–Crippen MR) is 85.8 cm³/mol. The van der Waals surface area contributed by atoms with Crippen LogP contribution >= 0.6 is 7.92 Å². The summed E-state index contributed by atoms with van der Waals surface area (Å²) in [4.78, 5) is 0. The van der Waals surface area contributed by atoms with Crippen LogP contribution in [0.5, 0.6) is 0 Å². The summed E-state index contributed by atoms with van der Waals surface area (Å²) in [5.74, 6) is 0. The summed E-state index contributed by atoms with van der Waals surface area (Å²) in [5.41, 5.74) is 0.